The molecular formula is C18H20N2O4S. The van der Waals surface area contributed by atoms with E-state index in [4.69, 9.17) is 4.74 Å². The van der Waals surface area contributed by atoms with Crippen molar-refractivity contribution < 1.29 is 17.9 Å². The maximum Gasteiger partial charge on any atom is 0.258 e. The van der Waals surface area contributed by atoms with Gasteiger partial charge in [0, 0.05) is 31.9 Å². The predicted octanol–water partition coefficient (Wildman–Crippen LogP) is 2.15. The molecule has 0 atom stereocenters. The fourth-order valence-corrected chi connectivity index (χ4v) is 3.83. The van der Waals surface area contributed by atoms with E-state index in [1.54, 1.807) is 54.5 Å². The van der Waals surface area contributed by atoms with Crippen molar-refractivity contribution in [2.24, 2.45) is 0 Å². The highest BCUT2D eigenvalue weighted by Gasteiger charge is 2.28. The Balaban J connectivity index is 1.93. The average Bonchev–Trinajstić information content (AvgIpc) is 3.04. The van der Waals surface area contributed by atoms with Crippen LogP contribution in [0.2, 0.25) is 0 Å². The van der Waals surface area contributed by atoms with Gasteiger partial charge in [0.1, 0.15) is 5.75 Å². The van der Waals surface area contributed by atoms with Gasteiger partial charge in [0.2, 0.25) is 10.0 Å². The zero-order valence-corrected chi connectivity index (χ0v) is 15.2. The van der Waals surface area contributed by atoms with Crippen molar-refractivity contribution in [2.75, 3.05) is 32.6 Å². The summed E-state index contributed by atoms with van der Waals surface area (Å²) in [6, 6.07) is 11.9. The summed E-state index contributed by atoms with van der Waals surface area (Å²) in [6.07, 6.45) is 0.627. The molecule has 0 bridgehead atoms. The molecular weight excluding hydrogens is 340 g/mol. The molecule has 6 nitrogen and oxygen atoms in total. The van der Waals surface area contributed by atoms with Crippen LogP contribution in [0.4, 0.5) is 5.69 Å². The summed E-state index contributed by atoms with van der Waals surface area (Å²) in [5.41, 5.74) is 2.15. The van der Waals surface area contributed by atoms with Gasteiger partial charge in [0.25, 0.3) is 5.91 Å². The molecule has 25 heavy (non-hydrogen) atoms. The number of ether oxygens (including phenoxy) is 1. The number of amides is 1. The highest BCUT2D eigenvalue weighted by molar-refractivity contribution is 7.89. The summed E-state index contributed by atoms with van der Waals surface area (Å²) in [5, 5.41) is 0. The van der Waals surface area contributed by atoms with Crippen molar-refractivity contribution in [2.45, 2.75) is 11.3 Å². The molecule has 7 heteroatoms. The molecule has 1 aliphatic rings. The second-order valence-corrected chi connectivity index (χ2v) is 8.17. The summed E-state index contributed by atoms with van der Waals surface area (Å²) >= 11 is 0. The van der Waals surface area contributed by atoms with E-state index in [1.165, 1.54) is 18.4 Å². The number of nitrogens with zero attached hydrogens (tertiary/aromatic N) is 2. The van der Waals surface area contributed by atoms with Crippen molar-refractivity contribution in [1.82, 2.24) is 4.31 Å². The van der Waals surface area contributed by atoms with E-state index in [0.29, 0.717) is 24.3 Å². The molecule has 0 saturated carbocycles. The van der Waals surface area contributed by atoms with E-state index >= 15 is 0 Å². The Morgan fingerprint density at radius 1 is 1.16 bits per heavy atom. The van der Waals surface area contributed by atoms with Gasteiger partial charge in [-0.1, -0.05) is 6.07 Å². The Morgan fingerprint density at radius 3 is 2.60 bits per heavy atom. The Hall–Kier alpha value is -2.38. The van der Waals surface area contributed by atoms with Gasteiger partial charge in [-0.3, -0.25) is 4.79 Å². The van der Waals surface area contributed by atoms with Gasteiger partial charge < -0.3 is 9.64 Å². The van der Waals surface area contributed by atoms with Gasteiger partial charge in [-0.25, -0.2) is 12.7 Å². The summed E-state index contributed by atoms with van der Waals surface area (Å²) in [7, 11) is 1.08. The van der Waals surface area contributed by atoms with E-state index in [0.717, 1.165) is 11.3 Å². The molecule has 0 spiro atoms. The third-order valence-electron chi connectivity index (χ3n) is 4.29. The largest absolute Gasteiger partial charge is 0.497 e. The molecule has 2 aromatic rings. The first-order chi connectivity index (χ1) is 11.8. The van der Waals surface area contributed by atoms with Crippen molar-refractivity contribution in [1.29, 1.82) is 0 Å². The summed E-state index contributed by atoms with van der Waals surface area (Å²) in [5.74, 6) is 0.499. The van der Waals surface area contributed by atoms with Crippen LogP contribution in [0.25, 0.3) is 0 Å². The van der Waals surface area contributed by atoms with Gasteiger partial charge in [-0.2, -0.15) is 0 Å². The van der Waals surface area contributed by atoms with E-state index < -0.39 is 10.0 Å². The number of carbonyl (C=O) groups excluding carboxylic acids is 1. The van der Waals surface area contributed by atoms with Crippen LogP contribution in [-0.2, 0) is 16.4 Å². The summed E-state index contributed by atoms with van der Waals surface area (Å²) < 4.78 is 30.9. The van der Waals surface area contributed by atoms with Crippen LogP contribution < -0.4 is 9.64 Å². The molecule has 1 aliphatic heterocycles. The van der Waals surface area contributed by atoms with Gasteiger partial charge in [-0.05, 0) is 48.4 Å². The minimum atomic E-state index is -3.48. The summed E-state index contributed by atoms with van der Waals surface area (Å²) in [4.78, 5) is 14.7. The first kappa shape index (κ1) is 17.4. The smallest absolute Gasteiger partial charge is 0.258 e. The standard InChI is InChI=1S/C18H20N2O4S/c1-19(2)25(22,23)16-7-8-17-13(12-16)9-10-20(17)18(21)14-5-4-6-15(11-14)24-3/h4-8,11-12H,9-10H2,1-3H3. The fraction of sp³-hybridized carbons (Fsp3) is 0.278. The minimum Gasteiger partial charge on any atom is -0.497 e. The molecule has 0 unspecified atom stereocenters. The van der Waals surface area contributed by atoms with Crippen LogP contribution in [0.15, 0.2) is 47.4 Å². The third kappa shape index (κ3) is 3.12. The number of methoxy groups -OCH3 is 1. The highest BCUT2D eigenvalue weighted by Crippen LogP contribution is 2.32. The second kappa shape index (κ2) is 6.50. The lowest BCUT2D eigenvalue weighted by atomic mass is 10.1. The lowest BCUT2D eigenvalue weighted by Gasteiger charge is -2.18. The quantitative estimate of drug-likeness (QED) is 0.838. The maximum atomic E-state index is 12.8. The molecule has 0 N–H and O–H groups in total. The van der Waals surface area contributed by atoms with Gasteiger partial charge in [-0.15, -0.1) is 0 Å². The molecule has 2 aromatic carbocycles. The normalized spacial score (nSPS) is 13.8. The van der Waals surface area contributed by atoms with Crippen LogP contribution in [0, 0.1) is 0 Å². The lowest BCUT2D eigenvalue weighted by Crippen LogP contribution is -2.28. The van der Waals surface area contributed by atoms with Gasteiger partial charge in [0.15, 0.2) is 0 Å². The van der Waals surface area contributed by atoms with Crippen molar-refractivity contribution in [3.8, 4) is 5.75 Å². The number of hydrogen-bond acceptors (Lipinski definition) is 4. The molecule has 1 heterocycles. The Morgan fingerprint density at radius 2 is 1.92 bits per heavy atom. The van der Waals surface area contributed by atoms with E-state index in [9.17, 15) is 13.2 Å². The van der Waals surface area contributed by atoms with E-state index in [1.807, 2.05) is 0 Å². The maximum absolute atomic E-state index is 12.8. The zero-order valence-electron chi connectivity index (χ0n) is 14.4. The number of rotatable bonds is 4. The van der Waals surface area contributed by atoms with Gasteiger partial charge >= 0.3 is 0 Å². The second-order valence-electron chi connectivity index (χ2n) is 6.02. The van der Waals surface area contributed by atoms with E-state index in [-0.39, 0.29) is 10.8 Å². The monoisotopic (exact) mass is 360 g/mol. The first-order valence-electron chi connectivity index (χ1n) is 7.86. The Labute approximate surface area is 147 Å². The first-order valence-corrected chi connectivity index (χ1v) is 9.30. The number of carbonyl (C=O) groups is 1. The highest BCUT2D eigenvalue weighted by atomic mass is 32.2. The number of hydrogen-bond donors (Lipinski definition) is 0. The summed E-state index contributed by atoms with van der Waals surface area (Å²) in [6.45, 7) is 0.525. The third-order valence-corrected chi connectivity index (χ3v) is 6.10. The van der Waals surface area contributed by atoms with E-state index in [2.05, 4.69) is 0 Å². The fourth-order valence-electron chi connectivity index (χ4n) is 2.87. The number of sulfonamides is 1. The average molecular weight is 360 g/mol. The van der Waals surface area contributed by atoms with Crippen LogP contribution in [0.5, 0.6) is 5.75 Å². The molecule has 0 saturated heterocycles. The number of anilines is 1. The minimum absolute atomic E-state index is 0.124. The molecule has 0 aliphatic carbocycles. The van der Waals surface area contributed by atoms with Crippen LogP contribution >= 0.6 is 0 Å². The van der Waals surface area contributed by atoms with Crippen LogP contribution in [0.3, 0.4) is 0 Å². The van der Waals surface area contributed by atoms with Gasteiger partial charge in [0.05, 0.1) is 12.0 Å². The molecule has 1 amide bonds. The lowest BCUT2D eigenvalue weighted by molar-refractivity contribution is 0.0989. The number of benzene rings is 2. The van der Waals surface area contributed by atoms with Crippen molar-refractivity contribution >= 4 is 21.6 Å². The molecule has 3 rings (SSSR count). The number of fused-ring (bicyclic) bond motifs is 1. The van der Waals surface area contributed by atoms with Crippen molar-refractivity contribution in [3.05, 3.63) is 53.6 Å². The zero-order chi connectivity index (χ0) is 18.2. The molecule has 0 aromatic heterocycles. The molecule has 0 radical (unpaired) electrons. The SMILES string of the molecule is COc1cccc(C(=O)N2CCc3cc(S(=O)(=O)N(C)C)ccc32)c1. The molecule has 132 valence electrons. The Kier molecular flexibility index (Phi) is 4.53. The van der Waals surface area contributed by atoms with Crippen LogP contribution in [-0.4, -0.2) is 46.4 Å². The van der Waals surface area contributed by atoms with Crippen molar-refractivity contribution in [3.63, 3.8) is 0 Å². The molecule has 0 fully saturated rings. The predicted molar refractivity (Wildman–Crippen MR) is 95.7 cm³/mol. The Bertz CT molecular complexity index is 922. The topological polar surface area (TPSA) is 66.9 Å². The van der Waals surface area contributed by atoms with Crippen LogP contribution in [0.1, 0.15) is 15.9 Å².